The fourth-order valence-electron chi connectivity index (χ4n) is 3.11. The van der Waals surface area contributed by atoms with Crippen LogP contribution in [0, 0.1) is 11.8 Å². The summed E-state index contributed by atoms with van der Waals surface area (Å²) in [7, 11) is 0. The molecule has 20 heavy (non-hydrogen) atoms. The topological polar surface area (TPSA) is 62.5 Å². The molecule has 2 N–H and O–H groups in total. The Hall–Kier alpha value is -1.29. The van der Waals surface area contributed by atoms with Crippen LogP contribution in [0.4, 0.5) is 0 Å². The first-order valence-electron chi connectivity index (χ1n) is 7.64. The lowest BCUT2D eigenvalue weighted by molar-refractivity contribution is -0.123. The second-order valence-corrected chi connectivity index (χ2v) is 5.90. The van der Waals surface area contributed by atoms with Crippen molar-refractivity contribution in [1.82, 2.24) is 5.32 Å². The van der Waals surface area contributed by atoms with Gasteiger partial charge in [-0.3, -0.25) is 4.79 Å². The summed E-state index contributed by atoms with van der Waals surface area (Å²) in [6, 6.07) is 3.09. The average molecular weight is 279 g/mol. The molecule has 0 saturated heterocycles. The minimum Gasteiger partial charge on any atom is -0.467 e. The number of amides is 1. The van der Waals surface area contributed by atoms with E-state index in [2.05, 4.69) is 12.2 Å². The molecule has 1 heterocycles. The highest BCUT2D eigenvalue weighted by Crippen LogP contribution is 2.31. The first-order valence-corrected chi connectivity index (χ1v) is 7.64. The van der Waals surface area contributed by atoms with E-state index in [1.54, 1.807) is 18.4 Å². The van der Waals surface area contributed by atoms with Crippen molar-refractivity contribution < 1.29 is 14.3 Å². The summed E-state index contributed by atoms with van der Waals surface area (Å²) in [4.78, 5) is 12.1. The molecule has 1 aromatic rings. The highest BCUT2D eigenvalue weighted by molar-refractivity contribution is 5.76. The highest BCUT2D eigenvalue weighted by Gasteiger charge is 2.23. The standard InChI is InChI=1S/C16H25NO3/c1-12(13-6-3-2-4-7-13)10-16(19)17-14(11-18)15-8-5-9-20-15/h5,8-9,12-14,18H,2-4,6-7,10-11H2,1H3,(H,17,19). The van der Waals surface area contributed by atoms with Crippen LogP contribution in [0.2, 0.25) is 0 Å². The molecule has 0 radical (unpaired) electrons. The van der Waals surface area contributed by atoms with E-state index in [4.69, 9.17) is 4.42 Å². The fourth-order valence-corrected chi connectivity index (χ4v) is 3.11. The van der Waals surface area contributed by atoms with Gasteiger partial charge in [-0.2, -0.15) is 0 Å². The van der Waals surface area contributed by atoms with Crippen molar-refractivity contribution in [3.05, 3.63) is 24.2 Å². The largest absolute Gasteiger partial charge is 0.467 e. The molecule has 1 aliphatic rings. The molecule has 1 aromatic heterocycles. The van der Waals surface area contributed by atoms with Gasteiger partial charge in [-0.15, -0.1) is 0 Å². The monoisotopic (exact) mass is 279 g/mol. The summed E-state index contributed by atoms with van der Waals surface area (Å²) in [5.41, 5.74) is 0. The van der Waals surface area contributed by atoms with Gasteiger partial charge in [0, 0.05) is 6.42 Å². The molecule has 112 valence electrons. The van der Waals surface area contributed by atoms with Crippen molar-refractivity contribution in [2.45, 2.75) is 51.5 Å². The predicted molar refractivity (Wildman–Crippen MR) is 77.0 cm³/mol. The summed E-state index contributed by atoms with van der Waals surface area (Å²) < 4.78 is 5.23. The number of carbonyl (C=O) groups is 1. The van der Waals surface area contributed by atoms with E-state index in [1.807, 2.05) is 0 Å². The maximum Gasteiger partial charge on any atom is 0.220 e. The van der Waals surface area contributed by atoms with Crippen molar-refractivity contribution in [2.24, 2.45) is 11.8 Å². The SMILES string of the molecule is CC(CC(=O)NC(CO)c1ccco1)C1CCCCC1. The van der Waals surface area contributed by atoms with Gasteiger partial charge >= 0.3 is 0 Å². The van der Waals surface area contributed by atoms with Gasteiger partial charge in [-0.25, -0.2) is 0 Å². The minimum absolute atomic E-state index is 0.00137. The van der Waals surface area contributed by atoms with Crippen LogP contribution in [0.25, 0.3) is 0 Å². The maximum atomic E-state index is 12.1. The zero-order valence-corrected chi connectivity index (χ0v) is 12.2. The second-order valence-electron chi connectivity index (χ2n) is 5.90. The molecular formula is C16H25NO3. The molecule has 0 bridgehead atoms. The zero-order valence-electron chi connectivity index (χ0n) is 12.2. The summed E-state index contributed by atoms with van der Waals surface area (Å²) in [5.74, 6) is 1.68. The molecule has 4 nitrogen and oxygen atoms in total. The number of rotatable bonds is 6. The molecule has 1 saturated carbocycles. The zero-order chi connectivity index (χ0) is 14.4. The Balaban J connectivity index is 1.81. The van der Waals surface area contributed by atoms with E-state index < -0.39 is 6.04 Å². The third-order valence-electron chi connectivity index (χ3n) is 4.37. The molecule has 0 aromatic carbocycles. The molecular weight excluding hydrogens is 254 g/mol. The van der Waals surface area contributed by atoms with E-state index in [1.165, 1.54) is 32.1 Å². The minimum atomic E-state index is -0.434. The van der Waals surface area contributed by atoms with Crippen molar-refractivity contribution in [2.75, 3.05) is 6.61 Å². The van der Waals surface area contributed by atoms with Crippen LogP contribution in [0.1, 0.15) is 57.3 Å². The van der Waals surface area contributed by atoms with Crippen molar-refractivity contribution in [1.29, 1.82) is 0 Å². The van der Waals surface area contributed by atoms with Crippen LogP contribution in [-0.4, -0.2) is 17.6 Å². The van der Waals surface area contributed by atoms with Crippen LogP contribution in [0.15, 0.2) is 22.8 Å². The third kappa shape index (κ3) is 4.10. The van der Waals surface area contributed by atoms with Gasteiger partial charge in [0.1, 0.15) is 11.8 Å². The molecule has 0 spiro atoms. The Morgan fingerprint density at radius 3 is 2.80 bits per heavy atom. The maximum absolute atomic E-state index is 12.1. The van der Waals surface area contributed by atoms with E-state index in [-0.39, 0.29) is 12.5 Å². The van der Waals surface area contributed by atoms with Crippen LogP contribution < -0.4 is 5.32 Å². The lowest BCUT2D eigenvalue weighted by Gasteiger charge is -2.27. The molecule has 1 fully saturated rings. The summed E-state index contributed by atoms with van der Waals surface area (Å²) in [5, 5.41) is 12.2. The van der Waals surface area contributed by atoms with Gasteiger partial charge in [0.25, 0.3) is 0 Å². The van der Waals surface area contributed by atoms with Gasteiger partial charge in [0.2, 0.25) is 5.91 Å². The van der Waals surface area contributed by atoms with Gasteiger partial charge in [-0.05, 0) is 24.0 Å². The first-order chi connectivity index (χ1) is 9.70. The number of furan rings is 1. The molecule has 1 amide bonds. The van der Waals surface area contributed by atoms with Crippen molar-refractivity contribution >= 4 is 5.91 Å². The predicted octanol–water partition coefficient (Wildman–Crippen LogP) is 3.04. The van der Waals surface area contributed by atoms with E-state index >= 15 is 0 Å². The van der Waals surface area contributed by atoms with E-state index in [0.717, 1.165) is 0 Å². The normalized spacial score (nSPS) is 19.5. The van der Waals surface area contributed by atoms with Crippen LogP contribution in [0.5, 0.6) is 0 Å². The molecule has 2 atom stereocenters. The highest BCUT2D eigenvalue weighted by atomic mass is 16.3. The number of aliphatic hydroxyl groups is 1. The summed E-state index contributed by atoms with van der Waals surface area (Å²) >= 11 is 0. The Morgan fingerprint density at radius 2 is 2.20 bits per heavy atom. The van der Waals surface area contributed by atoms with Crippen LogP contribution in [-0.2, 0) is 4.79 Å². The molecule has 0 aliphatic heterocycles. The second kappa shape index (κ2) is 7.48. The van der Waals surface area contributed by atoms with Crippen LogP contribution >= 0.6 is 0 Å². The van der Waals surface area contributed by atoms with Crippen LogP contribution in [0.3, 0.4) is 0 Å². The van der Waals surface area contributed by atoms with Gasteiger partial charge in [-0.1, -0.05) is 39.0 Å². The number of aliphatic hydroxyl groups excluding tert-OH is 1. The Labute approximate surface area is 120 Å². The fraction of sp³-hybridized carbons (Fsp3) is 0.688. The van der Waals surface area contributed by atoms with Gasteiger partial charge < -0.3 is 14.8 Å². The average Bonchev–Trinajstić information content (AvgIpc) is 2.99. The quantitative estimate of drug-likeness (QED) is 0.841. The Morgan fingerprint density at radius 1 is 1.45 bits per heavy atom. The van der Waals surface area contributed by atoms with Crippen molar-refractivity contribution in [3.63, 3.8) is 0 Å². The van der Waals surface area contributed by atoms with Gasteiger partial charge in [0.05, 0.1) is 12.9 Å². The molecule has 4 heteroatoms. The Kier molecular flexibility index (Phi) is 5.65. The first kappa shape index (κ1) is 15.1. The summed E-state index contributed by atoms with van der Waals surface area (Å²) in [6.07, 6.45) is 8.49. The smallest absolute Gasteiger partial charge is 0.220 e. The van der Waals surface area contributed by atoms with Crippen molar-refractivity contribution in [3.8, 4) is 0 Å². The lowest BCUT2D eigenvalue weighted by atomic mass is 9.79. The third-order valence-corrected chi connectivity index (χ3v) is 4.37. The number of carbonyl (C=O) groups excluding carboxylic acids is 1. The Bertz CT molecular complexity index is 396. The lowest BCUT2D eigenvalue weighted by Crippen LogP contribution is -2.32. The molecule has 1 aliphatic carbocycles. The number of hydrogen-bond donors (Lipinski definition) is 2. The number of nitrogens with one attached hydrogen (secondary N) is 1. The van der Waals surface area contributed by atoms with E-state index in [9.17, 15) is 9.90 Å². The van der Waals surface area contributed by atoms with E-state index in [0.29, 0.717) is 24.0 Å². The molecule has 2 unspecified atom stereocenters. The van der Waals surface area contributed by atoms with Gasteiger partial charge in [0.15, 0.2) is 0 Å². The molecule has 2 rings (SSSR count). The summed E-state index contributed by atoms with van der Waals surface area (Å²) in [6.45, 7) is 2.02. The number of hydrogen-bond acceptors (Lipinski definition) is 3.